The van der Waals surface area contributed by atoms with Crippen molar-refractivity contribution in [2.75, 3.05) is 0 Å². The average Bonchev–Trinajstić information content (AvgIpc) is 2.76. The predicted octanol–water partition coefficient (Wildman–Crippen LogP) is 0.429. The van der Waals surface area contributed by atoms with Gasteiger partial charge in [0.05, 0.1) is 6.07 Å². The zero-order valence-corrected chi connectivity index (χ0v) is 15.3. The van der Waals surface area contributed by atoms with Gasteiger partial charge in [-0.2, -0.15) is 5.26 Å². The third-order valence-electron chi connectivity index (χ3n) is 3.98. The lowest BCUT2D eigenvalue weighted by Gasteiger charge is -2.40. The molecule has 2 unspecified atom stereocenters. The molecule has 1 saturated carbocycles. The summed E-state index contributed by atoms with van der Waals surface area (Å²) in [5.41, 5.74) is 0.0322. The highest BCUT2D eigenvalue weighted by Crippen LogP contribution is 2.46. The second-order valence-corrected chi connectivity index (χ2v) is 6.26. The first-order valence-electron chi connectivity index (χ1n) is 6.19. The Bertz CT molecular complexity index is 308. The van der Waals surface area contributed by atoms with E-state index in [1.165, 1.54) is 19.3 Å². The van der Waals surface area contributed by atoms with Crippen LogP contribution in [0.5, 0.6) is 0 Å². The largest absolute Gasteiger partial charge is 0.404 e. The molecule has 17 heavy (non-hydrogen) atoms. The highest BCUT2D eigenvalue weighted by atomic mass is 28.2. The molecule has 5 heteroatoms. The van der Waals surface area contributed by atoms with E-state index in [0.717, 1.165) is 0 Å². The molecule has 0 radical (unpaired) electrons. The van der Waals surface area contributed by atoms with E-state index in [2.05, 4.69) is 26.0 Å². The molecule has 0 aliphatic heterocycles. The maximum atomic E-state index is 8.64. The molecule has 1 rings (SSSR count). The lowest BCUT2D eigenvalue weighted by molar-refractivity contribution is -0.103. The summed E-state index contributed by atoms with van der Waals surface area (Å²) in [7, 11) is 1.41. The van der Waals surface area contributed by atoms with E-state index in [1.54, 1.807) is 6.08 Å². The third-order valence-corrected chi connectivity index (χ3v) is 4.83. The molecule has 0 heterocycles. The van der Waals surface area contributed by atoms with Crippen LogP contribution in [0.1, 0.15) is 33.1 Å². The van der Waals surface area contributed by atoms with Crippen LogP contribution in [0.25, 0.3) is 0 Å². The SMILES string of the molecule is CC(C)(C(O[SiH3])O[SiH3])C1CCCC1C=CC#N. The van der Waals surface area contributed by atoms with Crippen molar-refractivity contribution in [3.63, 3.8) is 0 Å². The average molecular weight is 269 g/mol. The molecule has 0 aromatic carbocycles. The molecule has 2 atom stereocenters. The van der Waals surface area contributed by atoms with Gasteiger partial charge in [-0.15, -0.1) is 0 Å². The minimum atomic E-state index is -0.0677. The smallest absolute Gasteiger partial charge is 0.149 e. The van der Waals surface area contributed by atoms with Gasteiger partial charge < -0.3 is 8.85 Å². The summed E-state index contributed by atoms with van der Waals surface area (Å²) in [4.78, 5) is 0. The van der Waals surface area contributed by atoms with E-state index < -0.39 is 0 Å². The van der Waals surface area contributed by atoms with E-state index in [1.807, 2.05) is 0 Å². The minimum Gasteiger partial charge on any atom is -0.404 e. The Hall–Kier alpha value is -0.416. The van der Waals surface area contributed by atoms with Gasteiger partial charge >= 0.3 is 0 Å². The van der Waals surface area contributed by atoms with Crippen LogP contribution in [0.2, 0.25) is 0 Å². The lowest BCUT2D eigenvalue weighted by Crippen LogP contribution is -2.41. The highest BCUT2D eigenvalue weighted by molar-refractivity contribution is 5.99. The molecule has 0 saturated heterocycles. The Morgan fingerprint density at radius 1 is 1.35 bits per heavy atom. The summed E-state index contributed by atoms with van der Waals surface area (Å²) in [6.45, 7) is 4.47. The number of nitrogens with zero attached hydrogens (tertiary/aromatic N) is 1. The van der Waals surface area contributed by atoms with Crippen LogP contribution in [0.4, 0.5) is 0 Å². The Kier molecular flexibility index (Phi) is 5.60. The van der Waals surface area contributed by atoms with Crippen LogP contribution in [-0.4, -0.2) is 27.3 Å². The Morgan fingerprint density at radius 2 is 2.00 bits per heavy atom. The van der Waals surface area contributed by atoms with Crippen molar-refractivity contribution >= 4 is 21.0 Å². The van der Waals surface area contributed by atoms with Gasteiger partial charge in [-0.05, 0) is 24.7 Å². The molecule has 96 valence electrons. The highest BCUT2D eigenvalue weighted by Gasteiger charge is 2.42. The van der Waals surface area contributed by atoms with Gasteiger partial charge in [0.1, 0.15) is 27.3 Å². The molecule has 1 aliphatic carbocycles. The summed E-state index contributed by atoms with van der Waals surface area (Å²) >= 11 is 0. The van der Waals surface area contributed by atoms with Gasteiger partial charge in [0.2, 0.25) is 0 Å². The van der Waals surface area contributed by atoms with Crippen molar-refractivity contribution in [2.45, 2.75) is 39.4 Å². The Morgan fingerprint density at radius 3 is 2.53 bits per heavy atom. The van der Waals surface area contributed by atoms with Crippen molar-refractivity contribution < 1.29 is 8.85 Å². The number of nitriles is 1. The van der Waals surface area contributed by atoms with E-state index in [4.69, 9.17) is 14.1 Å². The summed E-state index contributed by atoms with van der Waals surface area (Å²) in [6.07, 6.45) is 7.25. The van der Waals surface area contributed by atoms with Crippen LogP contribution in [0, 0.1) is 28.6 Å². The molecule has 0 bridgehead atoms. The van der Waals surface area contributed by atoms with Crippen molar-refractivity contribution in [3.8, 4) is 6.07 Å². The Labute approximate surface area is 110 Å². The van der Waals surface area contributed by atoms with Crippen LogP contribution >= 0.6 is 0 Å². The molecule has 0 N–H and O–H groups in total. The number of hydrogen-bond donors (Lipinski definition) is 0. The first kappa shape index (κ1) is 14.6. The van der Waals surface area contributed by atoms with Gasteiger partial charge in [0.15, 0.2) is 0 Å². The zero-order valence-electron chi connectivity index (χ0n) is 11.3. The van der Waals surface area contributed by atoms with Crippen molar-refractivity contribution in [2.24, 2.45) is 17.3 Å². The van der Waals surface area contributed by atoms with Crippen LogP contribution in [-0.2, 0) is 8.85 Å². The zero-order chi connectivity index (χ0) is 12.9. The second kappa shape index (κ2) is 6.50. The number of hydrogen-bond acceptors (Lipinski definition) is 3. The van der Waals surface area contributed by atoms with E-state index in [-0.39, 0.29) is 11.7 Å². The molecular weight excluding hydrogens is 246 g/mol. The summed E-state index contributed by atoms with van der Waals surface area (Å²) in [5.74, 6) is 1.06. The molecule has 0 spiro atoms. The monoisotopic (exact) mass is 269 g/mol. The quantitative estimate of drug-likeness (QED) is 0.413. The molecule has 3 nitrogen and oxygen atoms in total. The second-order valence-electron chi connectivity index (χ2n) is 5.31. The van der Waals surface area contributed by atoms with Gasteiger partial charge in [0.25, 0.3) is 0 Å². The molecule has 1 aliphatic rings. The number of allylic oxidation sites excluding steroid dienone is 2. The summed E-state index contributed by atoms with van der Waals surface area (Å²) in [6, 6.07) is 2.09. The summed E-state index contributed by atoms with van der Waals surface area (Å²) in [5, 5.41) is 8.64. The van der Waals surface area contributed by atoms with Crippen molar-refractivity contribution in [1.82, 2.24) is 0 Å². The van der Waals surface area contributed by atoms with Gasteiger partial charge in [-0.3, -0.25) is 0 Å². The fraction of sp³-hybridized carbons (Fsp3) is 0.750. The maximum Gasteiger partial charge on any atom is 0.149 e. The fourth-order valence-corrected chi connectivity index (χ4v) is 5.17. The Balaban J connectivity index is 2.82. The molecular formula is C12H23NO2Si2. The lowest BCUT2D eigenvalue weighted by atomic mass is 9.72. The third kappa shape index (κ3) is 3.29. The van der Waals surface area contributed by atoms with Crippen LogP contribution in [0.15, 0.2) is 12.2 Å². The first-order chi connectivity index (χ1) is 8.07. The molecule has 0 amide bonds. The van der Waals surface area contributed by atoms with E-state index >= 15 is 0 Å². The van der Waals surface area contributed by atoms with Gasteiger partial charge in [0, 0.05) is 11.5 Å². The van der Waals surface area contributed by atoms with Crippen LogP contribution < -0.4 is 0 Å². The van der Waals surface area contributed by atoms with Gasteiger partial charge in [-0.1, -0.05) is 26.3 Å². The minimum absolute atomic E-state index is 0.0322. The normalized spacial score (nSPS) is 27.6. The van der Waals surface area contributed by atoms with E-state index in [9.17, 15) is 0 Å². The summed E-state index contributed by atoms with van der Waals surface area (Å²) < 4.78 is 11.2. The van der Waals surface area contributed by atoms with Crippen molar-refractivity contribution in [1.29, 1.82) is 5.26 Å². The van der Waals surface area contributed by atoms with Gasteiger partial charge in [-0.25, -0.2) is 0 Å². The topological polar surface area (TPSA) is 42.2 Å². The predicted molar refractivity (Wildman–Crippen MR) is 75.2 cm³/mol. The van der Waals surface area contributed by atoms with Crippen molar-refractivity contribution in [3.05, 3.63) is 12.2 Å². The maximum absolute atomic E-state index is 8.64. The van der Waals surface area contributed by atoms with Crippen LogP contribution in [0.3, 0.4) is 0 Å². The molecule has 0 aromatic heterocycles. The number of rotatable bonds is 5. The molecule has 1 fully saturated rings. The standard InChI is InChI=1S/C12H23NO2Si2/c1-12(2,11(14-16)15-17)10-7-3-5-9(10)6-4-8-13/h4,6,9-11H,3,5,7H2,1-2,16-17H3. The fourth-order valence-electron chi connectivity index (χ4n) is 3.19. The molecule has 0 aromatic rings. The first-order valence-corrected chi connectivity index (χ1v) is 7.83. The van der Waals surface area contributed by atoms with E-state index in [0.29, 0.717) is 32.8 Å².